The quantitative estimate of drug-likeness (QED) is 0.835. The van der Waals surface area contributed by atoms with E-state index in [1.165, 1.54) is 6.08 Å². The summed E-state index contributed by atoms with van der Waals surface area (Å²) in [6.07, 6.45) is 1.44. The molecule has 0 unspecified atom stereocenters. The fourth-order valence-electron chi connectivity index (χ4n) is 1.04. The van der Waals surface area contributed by atoms with Crippen LogP contribution in [0, 0.1) is 0 Å². The van der Waals surface area contributed by atoms with Crippen LogP contribution in [-0.2, 0) is 0 Å². The molecule has 1 aromatic rings. The first-order chi connectivity index (χ1) is 7.47. The molecule has 0 amide bonds. The van der Waals surface area contributed by atoms with E-state index in [2.05, 4.69) is 11.6 Å². The van der Waals surface area contributed by atoms with Crippen molar-refractivity contribution >= 4 is 33.6 Å². The van der Waals surface area contributed by atoms with Crippen molar-refractivity contribution in [1.29, 1.82) is 0 Å². The molecule has 0 spiro atoms. The number of anilines is 1. The maximum absolute atomic E-state index is 13.7. The predicted molar refractivity (Wildman–Crippen MR) is 64.4 cm³/mol. The Morgan fingerprint density at radius 2 is 2.25 bits per heavy atom. The number of halogens is 3. The molecule has 1 rings (SSSR count). The molecule has 2 N–H and O–H groups in total. The van der Waals surface area contributed by atoms with Gasteiger partial charge in [0, 0.05) is 11.0 Å². The molecule has 0 radical (unpaired) electrons. The Balaban J connectivity index is 3.20. The molecule has 6 heteroatoms. The van der Waals surface area contributed by atoms with Crippen LogP contribution in [0.2, 0.25) is 0 Å². The Morgan fingerprint density at radius 1 is 1.62 bits per heavy atom. The topological polar surface area (TPSA) is 38.9 Å². The normalized spacial score (nSPS) is 13.6. The van der Waals surface area contributed by atoms with Gasteiger partial charge < -0.3 is 5.73 Å². The molecule has 0 atom stereocenters. The number of nitrogens with two attached hydrogens (primary N) is 1. The van der Waals surface area contributed by atoms with E-state index in [9.17, 15) is 8.78 Å². The summed E-state index contributed by atoms with van der Waals surface area (Å²) in [5.74, 6) is -1.93. The maximum atomic E-state index is 13.7. The van der Waals surface area contributed by atoms with Gasteiger partial charge in [0.1, 0.15) is 10.9 Å². The zero-order valence-electron chi connectivity index (χ0n) is 8.43. The Morgan fingerprint density at radius 3 is 2.62 bits per heavy atom. The third-order valence-electron chi connectivity index (χ3n) is 1.75. The van der Waals surface area contributed by atoms with Crippen LogP contribution in [0.4, 0.5) is 13.9 Å². The highest BCUT2D eigenvalue weighted by Crippen LogP contribution is 2.32. The smallest absolute Gasteiger partial charge is 0.180 e. The van der Waals surface area contributed by atoms with Gasteiger partial charge in [-0.1, -0.05) is 24.3 Å². The number of allylic oxidation sites excluding steroid dienone is 5. The molecule has 0 aromatic carbocycles. The molecule has 2 nitrogen and oxygen atoms in total. The van der Waals surface area contributed by atoms with Crippen LogP contribution in [0.3, 0.4) is 0 Å². The van der Waals surface area contributed by atoms with Gasteiger partial charge in [0.25, 0.3) is 0 Å². The predicted octanol–water partition coefficient (Wildman–Crippen LogP) is 4.03. The molecular formula is C10H9ClF2N2S. The van der Waals surface area contributed by atoms with Crippen LogP contribution in [-0.4, -0.2) is 4.98 Å². The van der Waals surface area contributed by atoms with Crippen molar-refractivity contribution in [2.75, 3.05) is 5.73 Å². The second kappa shape index (κ2) is 5.23. The highest BCUT2D eigenvalue weighted by molar-refractivity contribution is 7.13. The first-order valence-corrected chi connectivity index (χ1v) is 5.51. The highest BCUT2D eigenvalue weighted by Gasteiger charge is 2.16. The lowest BCUT2D eigenvalue weighted by molar-refractivity contribution is 0.630. The first-order valence-electron chi connectivity index (χ1n) is 4.25. The van der Waals surface area contributed by atoms with E-state index >= 15 is 0 Å². The summed E-state index contributed by atoms with van der Waals surface area (Å²) in [6, 6.07) is 0. The molecule has 1 aromatic heterocycles. The van der Waals surface area contributed by atoms with Gasteiger partial charge in [0.05, 0.1) is 5.69 Å². The first kappa shape index (κ1) is 12.9. The summed E-state index contributed by atoms with van der Waals surface area (Å²) in [5.41, 5.74) is 5.84. The van der Waals surface area contributed by atoms with Crippen LogP contribution >= 0.6 is 22.9 Å². The highest BCUT2D eigenvalue weighted by atomic mass is 35.5. The Kier molecular flexibility index (Phi) is 4.20. The number of rotatable bonds is 3. The molecule has 0 aliphatic rings. The summed E-state index contributed by atoms with van der Waals surface area (Å²) >= 11 is 6.59. The van der Waals surface area contributed by atoms with E-state index in [0.717, 1.165) is 11.3 Å². The van der Waals surface area contributed by atoms with Gasteiger partial charge in [-0.15, -0.1) is 11.3 Å². The lowest BCUT2D eigenvalue weighted by Crippen LogP contribution is -1.90. The van der Waals surface area contributed by atoms with Gasteiger partial charge in [-0.2, -0.15) is 0 Å². The largest absolute Gasteiger partial charge is 0.375 e. The van der Waals surface area contributed by atoms with Crippen molar-refractivity contribution in [3.63, 3.8) is 0 Å². The molecule has 0 bridgehead atoms. The Labute approximate surface area is 101 Å². The van der Waals surface area contributed by atoms with Crippen molar-refractivity contribution in [3.05, 3.63) is 40.4 Å². The summed E-state index contributed by atoms with van der Waals surface area (Å²) in [7, 11) is 0. The molecule has 0 aliphatic heterocycles. The number of thiazole rings is 1. The zero-order chi connectivity index (χ0) is 12.3. The van der Waals surface area contributed by atoms with Crippen molar-refractivity contribution < 1.29 is 8.78 Å². The fourth-order valence-corrected chi connectivity index (χ4v) is 1.70. The van der Waals surface area contributed by atoms with Crippen LogP contribution in [0.1, 0.15) is 12.6 Å². The summed E-state index contributed by atoms with van der Waals surface area (Å²) in [4.78, 5) is 3.89. The minimum atomic E-state index is -1.03. The lowest BCUT2D eigenvalue weighted by atomic mass is 10.1. The summed E-state index contributed by atoms with van der Waals surface area (Å²) in [6.45, 7) is 4.52. The SMILES string of the molecule is C=C(F)/C(Cl)=C(F)\C(=C/C)c1csc(N)n1. The van der Waals surface area contributed by atoms with Gasteiger partial charge in [-0.3, -0.25) is 0 Å². The van der Waals surface area contributed by atoms with Crippen molar-refractivity contribution in [1.82, 2.24) is 4.98 Å². The number of nitrogens with zero attached hydrogens (tertiary/aromatic N) is 1. The van der Waals surface area contributed by atoms with E-state index in [4.69, 9.17) is 17.3 Å². The lowest BCUT2D eigenvalue weighted by Gasteiger charge is -2.02. The van der Waals surface area contributed by atoms with Gasteiger partial charge in [-0.25, -0.2) is 13.8 Å². The number of hydrogen-bond donors (Lipinski definition) is 1. The number of hydrogen-bond acceptors (Lipinski definition) is 3. The van der Waals surface area contributed by atoms with Crippen LogP contribution < -0.4 is 5.73 Å². The van der Waals surface area contributed by atoms with Crippen molar-refractivity contribution in [3.8, 4) is 0 Å². The van der Waals surface area contributed by atoms with E-state index in [0.29, 0.717) is 10.8 Å². The summed E-state index contributed by atoms with van der Waals surface area (Å²) < 4.78 is 26.4. The van der Waals surface area contributed by atoms with Crippen molar-refractivity contribution in [2.24, 2.45) is 0 Å². The summed E-state index contributed by atoms with van der Waals surface area (Å²) in [5, 5.41) is 1.21. The zero-order valence-corrected chi connectivity index (χ0v) is 10.0. The molecule has 1 heterocycles. The second-order valence-electron chi connectivity index (χ2n) is 2.81. The Bertz CT molecular complexity index is 477. The molecule has 0 saturated carbocycles. The third kappa shape index (κ3) is 2.68. The molecule has 0 saturated heterocycles. The molecule has 0 fully saturated rings. The fraction of sp³-hybridized carbons (Fsp3) is 0.100. The standard InChI is InChI=1S/C10H9ClF2N2S/c1-3-6(7-4-16-10(14)15-7)9(13)8(11)5(2)12/h3-4H,2H2,1H3,(H2,14,15)/b6-3-,9-8-. The van der Waals surface area contributed by atoms with Crippen LogP contribution in [0.5, 0.6) is 0 Å². The number of nitrogen functional groups attached to an aromatic ring is 1. The van der Waals surface area contributed by atoms with E-state index in [-0.39, 0.29) is 5.57 Å². The van der Waals surface area contributed by atoms with E-state index in [1.807, 2.05) is 0 Å². The van der Waals surface area contributed by atoms with Crippen LogP contribution in [0.15, 0.2) is 34.7 Å². The minimum Gasteiger partial charge on any atom is -0.375 e. The van der Waals surface area contributed by atoms with Gasteiger partial charge >= 0.3 is 0 Å². The minimum absolute atomic E-state index is 0.0942. The third-order valence-corrected chi connectivity index (χ3v) is 2.80. The van der Waals surface area contributed by atoms with E-state index in [1.54, 1.807) is 12.3 Å². The van der Waals surface area contributed by atoms with Gasteiger partial charge in [0.15, 0.2) is 11.0 Å². The average Bonchev–Trinajstić information content (AvgIpc) is 2.64. The second-order valence-corrected chi connectivity index (χ2v) is 4.07. The Hall–Kier alpha value is -1.20. The molecule has 0 aliphatic carbocycles. The van der Waals surface area contributed by atoms with Gasteiger partial charge in [0.2, 0.25) is 0 Å². The van der Waals surface area contributed by atoms with E-state index < -0.39 is 16.7 Å². The molecule has 86 valence electrons. The molecule has 16 heavy (non-hydrogen) atoms. The molecular weight excluding hydrogens is 254 g/mol. The monoisotopic (exact) mass is 262 g/mol. The van der Waals surface area contributed by atoms with Gasteiger partial charge in [-0.05, 0) is 6.92 Å². The van der Waals surface area contributed by atoms with Crippen molar-refractivity contribution in [2.45, 2.75) is 6.92 Å². The van der Waals surface area contributed by atoms with Crippen LogP contribution in [0.25, 0.3) is 5.57 Å². The maximum Gasteiger partial charge on any atom is 0.180 e. The average molecular weight is 263 g/mol. The number of aromatic nitrogens is 1.